The van der Waals surface area contributed by atoms with Crippen LogP contribution in [0.3, 0.4) is 0 Å². The molecule has 2 N–H and O–H groups in total. The minimum atomic E-state index is -4.43. The van der Waals surface area contributed by atoms with E-state index in [-0.39, 0.29) is 18.3 Å². The van der Waals surface area contributed by atoms with Gasteiger partial charge in [-0.25, -0.2) is 0 Å². The van der Waals surface area contributed by atoms with E-state index in [4.69, 9.17) is 0 Å². The lowest BCUT2D eigenvalue weighted by atomic mass is 9.80. The van der Waals surface area contributed by atoms with E-state index >= 15 is 0 Å². The van der Waals surface area contributed by atoms with E-state index in [0.717, 1.165) is 39.9 Å². The second kappa shape index (κ2) is 9.26. The monoisotopic (exact) mass is 471 g/mol. The average molecular weight is 472 g/mol. The lowest BCUT2D eigenvalue weighted by Crippen LogP contribution is -2.16. The van der Waals surface area contributed by atoms with Crippen molar-refractivity contribution in [1.82, 2.24) is 4.98 Å². The summed E-state index contributed by atoms with van der Waals surface area (Å²) >= 11 is 1.68. The number of thioether (sulfide) groups is 1. The Morgan fingerprint density at radius 2 is 1.81 bits per heavy atom. The average Bonchev–Trinajstić information content (AvgIpc) is 3.11. The van der Waals surface area contributed by atoms with Crippen LogP contribution in [0.1, 0.15) is 41.5 Å². The first kappa shape index (κ1) is 23.7. The lowest BCUT2D eigenvalue weighted by Gasteiger charge is -2.25. The Hall–Kier alpha value is -1.97. The molecule has 3 aromatic rings. The van der Waals surface area contributed by atoms with Crippen molar-refractivity contribution in [3.63, 3.8) is 0 Å². The molecule has 0 bridgehead atoms. The van der Waals surface area contributed by atoms with Gasteiger partial charge in [-0.3, -0.25) is 4.55 Å². The number of H-pyrrole nitrogens is 1. The van der Waals surface area contributed by atoms with E-state index in [0.29, 0.717) is 5.56 Å². The third kappa shape index (κ3) is 5.64. The van der Waals surface area contributed by atoms with Crippen molar-refractivity contribution in [1.29, 1.82) is 0 Å². The number of hydrogen-bond donors (Lipinski definition) is 2. The normalized spacial score (nSPS) is 14.6. The predicted octanol–water partition coefficient (Wildman–Crippen LogP) is 6.10. The Morgan fingerprint density at radius 1 is 1.13 bits per heavy atom. The third-order valence-electron chi connectivity index (χ3n) is 5.47. The molecule has 2 aromatic carbocycles. The molecule has 3 rings (SSSR count). The number of hydrogen-bond acceptors (Lipinski definition) is 3. The van der Waals surface area contributed by atoms with E-state index in [2.05, 4.69) is 4.98 Å². The van der Waals surface area contributed by atoms with Crippen molar-refractivity contribution >= 4 is 32.8 Å². The number of alkyl halides is 3. The summed E-state index contributed by atoms with van der Waals surface area (Å²) in [4.78, 5) is 3.29. The molecule has 0 saturated carbocycles. The summed E-state index contributed by atoms with van der Waals surface area (Å²) < 4.78 is 70.8. The molecule has 1 aromatic heterocycles. The Bertz CT molecular complexity index is 1140. The number of aromatic amines is 1. The fourth-order valence-corrected chi connectivity index (χ4v) is 5.19. The molecule has 9 heteroatoms. The molecule has 31 heavy (non-hydrogen) atoms. The highest BCUT2D eigenvalue weighted by atomic mass is 32.2. The second-order valence-corrected chi connectivity index (χ2v) is 10.1. The molecular formula is C22H24F3NO3S2. The molecule has 1 heterocycles. The molecule has 0 saturated heterocycles. The van der Waals surface area contributed by atoms with E-state index < -0.39 is 27.6 Å². The van der Waals surface area contributed by atoms with Crippen molar-refractivity contribution in [2.45, 2.75) is 31.2 Å². The third-order valence-corrected chi connectivity index (χ3v) is 6.82. The Balaban J connectivity index is 2.08. The number of halogens is 3. The molecule has 2 atom stereocenters. The summed E-state index contributed by atoms with van der Waals surface area (Å²) in [6.45, 7) is 1.85. The van der Waals surface area contributed by atoms with Crippen molar-refractivity contribution in [3.05, 3.63) is 70.9 Å². The maximum atomic E-state index is 13.0. The zero-order valence-electron chi connectivity index (χ0n) is 17.1. The second-order valence-electron chi connectivity index (χ2n) is 7.67. The largest absolute Gasteiger partial charge is 0.416 e. The van der Waals surface area contributed by atoms with Gasteiger partial charge in [0.1, 0.15) is 0 Å². The van der Waals surface area contributed by atoms with Gasteiger partial charge in [-0.2, -0.15) is 33.4 Å². The van der Waals surface area contributed by atoms with E-state index in [1.165, 1.54) is 12.1 Å². The number of aromatic nitrogens is 1. The molecule has 0 spiro atoms. The van der Waals surface area contributed by atoms with Crippen molar-refractivity contribution < 1.29 is 26.1 Å². The van der Waals surface area contributed by atoms with Crippen LogP contribution in [0.25, 0.3) is 10.9 Å². The smallest absolute Gasteiger partial charge is 0.361 e. The first-order valence-corrected chi connectivity index (χ1v) is 12.7. The summed E-state index contributed by atoms with van der Waals surface area (Å²) in [5.41, 5.74) is 2.90. The van der Waals surface area contributed by atoms with Crippen LogP contribution in [0.5, 0.6) is 0 Å². The first-order chi connectivity index (χ1) is 14.5. The zero-order valence-corrected chi connectivity index (χ0v) is 18.7. The van der Waals surface area contributed by atoms with Crippen LogP contribution in [-0.4, -0.2) is 30.0 Å². The van der Waals surface area contributed by atoms with Crippen LogP contribution in [0.15, 0.2) is 48.7 Å². The summed E-state index contributed by atoms with van der Waals surface area (Å²) in [5, 5.41) is 0.954. The van der Waals surface area contributed by atoms with Gasteiger partial charge in [0.05, 0.1) is 11.3 Å². The molecule has 4 nitrogen and oxygen atoms in total. The fourth-order valence-electron chi connectivity index (χ4n) is 3.97. The van der Waals surface area contributed by atoms with Gasteiger partial charge in [0, 0.05) is 28.8 Å². The molecule has 0 radical (unpaired) electrons. The highest BCUT2D eigenvalue weighted by Gasteiger charge is 2.31. The van der Waals surface area contributed by atoms with Crippen LogP contribution < -0.4 is 0 Å². The topological polar surface area (TPSA) is 70.2 Å². The maximum Gasteiger partial charge on any atom is 0.416 e. The number of nitrogens with one attached hydrogen (secondary N) is 1. The number of rotatable bonds is 8. The Labute approximate surface area is 184 Å². The van der Waals surface area contributed by atoms with Gasteiger partial charge >= 0.3 is 6.18 Å². The molecule has 0 aliphatic carbocycles. The molecule has 0 aliphatic rings. The number of fused-ring (bicyclic) bond motifs is 1. The summed E-state index contributed by atoms with van der Waals surface area (Å²) in [6.07, 6.45) is -0.411. The standard InChI is InChI=1S/C22H24F3NO3S2/c1-14(10-11-31(27,28)29)20(15-6-8-17(9-7-15)22(23,24)25)19-12-26-21-16(13-30-2)4-3-5-18(19)21/h3-9,12,14,20,26H,10-11,13H2,1-2H3,(H,27,28,29). The van der Waals surface area contributed by atoms with Crippen molar-refractivity contribution in [2.75, 3.05) is 12.0 Å². The maximum absolute atomic E-state index is 13.0. The minimum Gasteiger partial charge on any atom is -0.361 e. The lowest BCUT2D eigenvalue weighted by molar-refractivity contribution is -0.137. The summed E-state index contributed by atoms with van der Waals surface area (Å²) in [7, 11) is -4.15. The van der Waals surface area contributed by atoms with Crippen LogP contribution in [0, 0.1) is 5.92 Å². The number of para-hydroxylation sites is 1. The van der Waals surface area contributed by atoms with Gasteiger partial charge in [0.15, 0.2) is 0 Å². The molecule has 0 fully saturated rings. The molecule has 0 aliphatic heterocycles. The fraction of sp³-hybridized carbons (Fsp3) is 0.364. The highest BCUT2D eigenvalue weighted by Crippen LogP contribution is 2.40. The highest BCUT2D eigenvalue weighted by molar-refractivity contribution is 7.97. The first-order valence-electron chi connectivity index (χ1n) is 9.71. The Morgan fingerprint density at radius 3 is 2.39 bits per heavy atom. The molecule has 2 unspecified atom stereocenters. The minimum absolute atomic E-state index is 0.168. The van der Waals surface area contributed by atoms with E-state index in [1.807, 2.05) is 37.6 Å². The van der Waals surface area contributed by atoms with Gasteiger partial charge in [-0.05, 0) is 47.4 Å². The van der Waals surface area contributed by atoms with Crippen LogP contribution in [0.2, 0.25) is 0 Å². The molecule has 0 amide bonds. The van der Waals surface area contributed by atoms with Crippen molar-refractivity contribution in [3.8, 4) is 0 Å². The van der Waals surface area contributed by atoms with Gasteiger partial charge in [-0.15, -0.1) is 0 Å². The van der Waals surface area contributed by atoms with Gasteiger partial charge in [0.25, 0.3) is 10.1 Å². The van der Waals surface area contributed by atoms with Gasteiger partial charge < -0.3 is 4.98 Å². The SMILES string of the molecule is CSCc1cccc2c(C(c3ccc(C(F)(F)F)cc3)C(C)CCS(=O)(=O)O)c[nH]c12. The Kier molecular flexibility index (Phi) is 7.08. The quantitative estimate of drug-likeness (QED) is 0.390. The van der Waals surface area contributed by atoms with Gasteiger partial charge in [0.2, 0.25) is 0 Å². The number of benzene rings is 2. The molecule has 168 valence electrons. The van der Waals surface area contributed by atoms with Crippen LogP contribution in [-0.2, 0) is 22.0 Å². The summed E-state index contributed by atoms with van der Waals surface area (Å²) in [6, 6.07) is 10.9. The van der Waals surface area contributed by atoms with Crippen molar-refractivity contribution in [2.24, 2.45) is 5.92 Å². The van der Waals surface area contributed by atoms with Crippen LogP contribution >= 0.6 is 11.8 Å². The zero-order chi connectivity index (χ0) is 22.8. The van der Waals surface area contributed by atoms with E-state index in [9.17, 15) is 26.1 Å². The van der Waals surface area contributed by atoms with Crippen LogP contribution in [0.4, 0.5) is 13.2 Å². The van der Waals surface area contributed by atoms with E-state index in [1.54, 1.807) is 11.8 Å². The predicted molar refractivity (Wildman–Crippen MR) is 119 cm³/mol. The van der Waals surface area contributed by atoms with Gasteiger partial charge in [-0.1, -0.05) is 37.3 Å². The summed E-state index contributed by atoms with van der Waals surface area (Å²) in [5.74, 6) is -0.199. The molecular weight excluding hydrogens is 447 g/mol.